The number of benzene rings is 2. The molecule has 0 bridgehead atoms. The Labute approximate surface area is 110 Å². The second-order valence-corrected chi connectivity index (χ2v) is 4.65. The highest BCUT2D eigenvalue weighted by atomic mass is 19.1. The molecule has 0 spiro atoms. The van der Waals surface area contributed by atoms with Crippen LogP contribution in [0.4, 0.5) is 8.78 Å². The van der Waals surface area contributed by atoms with Gasteiger partial charge in [-0.05, 0) is 54.8 Å². The summed E-state index contributed by atoms with van der Waals surface area (Å²) in [5.41, 5.74) is 1.97. The van der Waals surface area contributed by atoms with Crippen molar-refractivity contribution >= 4 is 5.78 Å². The molecule has 0 aliphatic rings. The summed E-state index contributed by atoms with van der Waals surface area (Å²) in [6.45, 7) is 3.25. The topological polar surface area (TPSA) is 17.1 Å². The van der Waals surface area contributed by atoms with E-state index in [9.17, 15) is 13.6 Å². The van der Waals surface area contributed by atoms with Crippen LogP contribution < -0.4 is 0 Å². The Morgan fingerprint density at radius 3 is 2.26 bits per heavy atom. The smallest absolute Gasteiger partial charge is 0.167 e. The summed E-state index contributed by atoms with van der Waals surface area (Å²) >= 11 is 0. The van der Waals surface area contributed by atoms with E-state index in [1.54, 1.807) is 26.0 Å². The van der Waals surface area contributed by atoms with Crippen molar-refractivity contribution in [3.63, 3.8) is 0 Å². The molecule has 3 heteroatoms. The Hall–Kier alpha value is -2.03. The van der Waals surface area contributed by atoms with Gasteiger partial charge in [0.2, 0.25) is 0 Å². The van der Waals surface area contributed by atoms with E-state index in [0.29, 0.717) is 22.3 Å². The molecule has 0 saturated heterocycles. The van der Waals surface area contributed by atoms with Gasteiger partial charge in [-0.15, -0.1) is 0 Å². The van der Waals surface area contributed by atoms with Crippen molar-refractivity contribution in [2.45, 2.75) is 20.3 Å². The maximum absolute atomic E-state index is 13.5. The van der Waals surface area contributed by atoms with Gasteiger partial charge in [-0.3, -0.25) is 4.79 Å². The number of halogens is 2. The van der Waals surface area contributed by atoms with Crippen LogP contribution in [0.3, 0.4) is 0 Å². The van der Waals surface area contributed by atoms with Crippen LogP contribution in [0.1, 0.15) is 27.0 Å². The van der Waals surface area contributed by atoms with Crippen molar-refractivity contribution < 1.29 is 13.6 Å². The maximum Gasteiger partial charge on any atom is 0.167 e. The van der Waals surface area contributed by atoms with Gasteiger partial charge < -0.3 is 0 Å². The third-order valence-electron chi connectivity index (χ3n) is 3.01. The molecule has 0 aromatic heterocycles. The van der Waals surface area contributed by atoms with Crippen LogP contribution in [0.25, 0.3) is 0 Å². The second-order valence-electron chi connectivity index (χ2n) is 4.65. The van der Waals surface area contributed by atoms with Gasteiger partial charge >= 0.3 is 0 Å². The first-order chi connectivity index (χ1) is 8.97. The maximum atomic E-state index is 13.5. The molecule has 0 radical (unpaired) electrons. The van der Waals surface area contributed by atoms with Crippen molar-refractivity contribution in [3.8, 4) is 0 Å². The van der Waals surface area contributed by atoms with Crippen molar-refractivity contribution in [1.82, 2.24) is 0 Å². The van der Waals surface area contributed by atoms with Gasteiger partial charge in [0.25, 0.3) is 0 Å². The Morgan fingerprint density at radius 1 is 1.05 bits per heavy atom. The van der Waals surface area contributed by atoms with E-state index in [0.717, 1.165) is 0 Å². The summed E-state index contributed by atoms with van der Waals surface area (Å²) in [4.78, 5) is 12.1. The molecule has 1 nitrogen and oxygen atoms in total. The molecular formula is C16H14F2O. The number of carbonyl (C=O) groups is 1. The molecule has 0 heterocycles. The summed E-state index contributed by atoms with van der Waals surface area (Å²) < 4.78 is 26.5. The average molecular weight is 260 g/mol. The van der Waals surface area contributed by atoms with Gasteiger partial charge in [-0.2, -0.15) is 0 Å². The van der Waals surface area contributed by atoms with Crippen LogP contribution in [0, 0.1) is 25.5 Å². The van der Waals surface area contributed by atoms with Crippen LogP contribution in [-0.2, 0) is 6.42 Å². The highest BCUT2D eigenvalue weighted by Crippen LogP contribution is 2.17. The minimum atomic E-state index is -0.364. The van der Waals surface area contributed by atoms with Gasteiger partial charge in [0.15, 0.2) is 5.78 Å². The van der Waals surface area contributed by atoms with Crippen molar-refractivity contribution in [3.05, 3.63) is 70.3 Å². The predicted molar refractivity (Wildman–Crippen MR) is 70.3 cm³/mol. The van der Waals surface area contributed by atoms with E-state index in [1.165, 1.54) is 24.3 Å². The number of rotatable bonds is 3. The number of ketones is 1. The van der Waals surface area contributed by atoms with E-state index < -0.39 is 0 Å². The molecule has 0 saturated carbocycles. The molecule has 0 aliphatic heterocycles. The van der Waals surface area contributed by atoms with E-state index >= 15 is 0 Å². The lowest BCUT2D eigenvalue weighted by atomic mass is 9.99. The lowest BCUT2D eigenvalue weighted by Crippen LogP contribution is -2.05. The first-order valence-electron chi connectivity index (χ1n) is 6.02. The first kappa shape index (κ1) is 13.4. The van der Waals surface area contributed by atoms with Gasteiger partial charge in [-0.25, -0.2) is 8.78 Å². The zero-order valence-corrected chi connectivity index (χ0v) is 10.8. The Kier molecular flexibility index (Phi) is 3.74. The van der Waals surface area contributed by atoms with Crippen LogP contribution in [0.15, 0.2) is 36.4 Å². The Balaban J connectivity index is 2.25. The van der Waals surface area contributed by atoms with Crippen LogP contribution in [-0.4, -0.2) is 5.78 Å². The average Bonchev–Trinajstić information content (AvgIpc) is 2.35. The molecule has 0 amide bonds. The summed E-state index contributed by atoms with van der Waals surface area (Å²) in [5, 5.41) is 0. The third-order valence-corrected chi connectivity index (χ3v) is 3.01. The largest absolute Gasteiger partial charge is 0.294 e. The number of carbonyl (C=O) groups excluding carboxylic acids is 1. The summed E-state index contributed by atoms with van der Waals surface area (Å²) in [7, 11) is 0. The number of hydrogen-bond acceptors (Lipinski definition) is 1. The van der Waals surface area contributed by atoms with Crippen LogP contribution >= 0.6 is 0 Å². The first-order valence-corrected chi connectivity index (χ1v) is 6.02. The van der Waals surface area contributed by atoms with Crippen molar-refractivity contribution in [2.24, 2.45) is 0 Å². The Bertz CT molecular complexity index is 609. The van der Waals surface area contributed by atoms with Gasteiger partial charge in [0.05, 0.1) is 0 Å². The minimum absolute atomic E-state index is 0.113. The molecule has 0 aliphatic carbocycles. The summed E-state index contributed by atoms with van der Waals surface area (Å²) in [5.74, 6) is -0.795. The zero-order chi connectivity index (χ0) is 14.0. The van der Waals surface area contributed by atoms with Gasteiger partial charge in [-0.1, -0.05) is 12.1 Å². The number of Topliss-reactive ketones (excluding diaryl/α,β-unsaturated/α-hetero) is 1. The SMILES string of the molecule is Cc1cc(C(=O)Cc2cccc(F)c2)cc(C)c1F. The molecule has 19 heavy (non-hydrogen) atoms. The fourth-order valence-electron chi connectivity index (χ4n) is 2.04. The number of aryl methyl sites for hydroxylation is 2. The lowest BCUT2D eigenvalue weighted by Gasteiger charge is -2.06. The third kappa shape index (κ3) is 3.05. The van der Waals surface area contributed by atoms with E-state index in [4.69, 9.17) is 0 Å². The standard InChI is InChI=1S/C16H14F2O/c1-10-6-13(7-11(2)16(10)18)15(19)9-12-4-3-5-14(17)8-12/h3-8H,9H2,1-2H3. The predicted octanol–water partition coefficient (Wildman–Crippen LogP) is 4.01. The monoisotopic (exact) mass is 260 g/mol. The number of hydrogen-bond donors (Lipinski definition) is 0. The molecule has 2 rings (SSSR count). The summed E-state index contributed by atoms with van der Waals surface area (Å²) in [6, 6.07) is 9.00. The van der Waals surface area contributed by atoms with Gasteiger partial charge in [0.1, 0.15) is 11.6 Å². The molecule has 0 N–H and O–H groups in total. The summed E-state index contributed by atoms with van der Waals surface area (Å²) in [6.07, 6.45) is 0.113. The normalized spacial score (nSPS) is 10.5. The molecule has 2 aromatic rings. The molecule has 0 fully saturated rings. The van der Waals surface area contributed by atoms with E-state index in [2.05, 4.69) is 0 Å². The highest BCUT2D eigenvalue weighted by Gasteiger charge is 2.11. The molecule has 0 unspecified atom stereocenters. The van der Waals surface area contributed by atoms with E-state index in [-0.39, 0.29) is 23.8 Å². The zero-order valence-electron chi connectivity index (χ0n) is 10.8. The van der Waals surface area contributed by atoms with Crippen LogP contribution in [0.2, 0.25) is 0 Å². The van der Waals surface area contributed by atoms with Gasteiger partial charge in [0, 0.05) is 12.0 Å². The minimum Gasteiger partial charge on any atom is -0.294 e. The second kappa shape index (κ2) is 5.31. The quantitative estimate of drug-likeness (QED) is 0.762. The van der Waals surface area contributed by atoms with Crippen molar-refractivity contribution in [2.75, 3.05) is 0 Å². The Morgan fingerprint density at radius 2 is 1.68 bits per heavy atom. The molecule has 98 valence electrons. The van der Waals surface area contributed by atoms with Crippen molar-refractivity contribution in [1.29, 1.82) is 0 Å². The fourth-order valence-corrected chi connectivity index (χ4v) is 2.04. The fraction of sp³-hybridized carbons (Fsp3) is 0.188. The molecule has 0 atom stereocenters. The molecule has 2 aromatic carbocycles. The highest BCUT2D eigenvalue weighted by molar-refractivity contribution is 5.97. The van der Waals surface area contributed by atoms with Crippen LogP contribution in [0.5, 0.6) is 0 Å². The molecular weight excluding hydrogens is 246 g/mol. The lowest BCUT2D eigenvalue weighted by molar-refractivity contribution is 0.0992. The van der Waals surface area contributed by atoms with E-state index in [1.807, 2.05) is 0 Å².